The average molecular weight is 321 g/mol. The van der Waals surface area contributed by atoms with Gasteiger partial charge in [0.1, 0.15) is 0 Å². The first-order chi connectivity index (χ1) is 10.3. The van der Waals surface area contributed by atoms with Crippen molar-refractivity contribution in [3.05, 3.63) is 41.3 Å². The van der Waals surface area contributed by atoms with Crippen LogP contribution in [0.15, 0.2) is 35.7 Å². The summed E-state index contributed by atoms with van der Waals surface area (Å²) in [5.41, 5.74) is 1.95. The van der Waals surface area contributed by atoms with Crippen molar-refractivity contribution < 1.29 is 13.2 Å². The van der Waals surface area contributed by atoms with Crippen molar-refractivity contribution in [3.8, 4) is 0 Å². The van der Waals surface area contributed by atoms with Crippen LogP contribution in [-0.2, 0) is 14.6 Å². The van der Waals surface area contributed by atoms with Crippen LogP contribution in [-0.4, -0.2) is 26.1 Å². The molecule has 0 aromatic heterocycles. The molecule has 1 aromatic carbocycles. The Bertz CT molecular complexity index is 660. The molecule has 1 aromatic rings. The van der Waals surface area contributed by atoms with E-state index < -0.39 is 15.9 Å². The van der Waals surface area contributed by atoms with Crippen LogP contribution in [0.25, 0.3) is 0 Å². The molecular formula is C17H23NO3S. The number of benzene rings is 1. The summed E-state index contributed by atoms with van der Waals surface area (Å²) in [4.78, 5) is 14.1. The number of anilines is 1. The normalized spacial score (nSPS) is 19.5. The Kier molecular flexibility index (Phi) is 5.06. The van der Waals surface area contributed by atoms with E-state index in [2.05, 4.69) is 13.8 Å². The summed E-state index contributed by atoms with van der Waals surface area (Å²) in [6.45, 7) is 6.17. The van der Waals surface area contributed by atoms with Gasteiger partial charge < -0.3 is 4.90 Å². The fourth-order valence-corrected chi connectivity index (χ4v) is 3.86. The molecule has 2 rings (SSSR count). The second-order valence-electron chi connectivity index (χ2n) is 5.99. The smallest absolute Gasteiger partial charge is 0.227 e. The lowest BCUT2D eigenvalue weighted by Gasteiger charge is -2.28. The summed E-state index contributed by atoms with van der Waals surface area (Å²) in [6, 6.07) is 7.40. The average Bonchev–Trinajstić information content (AvgIpc) is 2.80. The van der Waals surface area contributed by atoms with Crippen LogP contribution in [0.2, 0.25) is 0 Å². The molecule has 0 bridgehead atoms. The standard InChI is InChI=1S/C17H23NO3S/c1-4-5-17(19)18(16-10-11-22(20,21)12-16)15-8-6-14(7-9-15)13(2)3/h6-11,13,16H,4-5,12H2,1-3H3/t16-/m0/s1. The fourth-order valence-electron chi connectivity index (χ4n) is 2.59. The first-order valence-corrected chi connectivity index (χ1v) is 9.38. The topological polar surface area (TPSA) is 54.5 Å². The Morgan fingerprint density at radius 1 is 1.27 bits per heavy atom. The van der Waals surface area contributed by atoms with Gasteiger partial charge in [-0.2, -0.15) is 0 Å². The molecule has 4 nitrogen and oxygen atoms in total. The zero-order chi connectivity index (χ0) is 16.3. The van der Waals surface area contributed by atoms with Gasteiger partial charge in [0.25, 0.3) is 0 Å². The van der Waals surface area contributed by atoms with E-state index in [0.29, 0.717) is 12.3 Å². The highest BCUT2D eigenvalue weighted by atomic mass is 32.2. The van der Waals surface area contributed by atoms with Gasteiger partial charge in [-0.1, -0.05) is 32.9 Å². The minimum atomic E-state index is -3.19. The van der Waals surface area contributed by atoms with Gasteiger partial charge in [-0.25, -0.2) is 8.42 Å². The van der Waals surface area contributed by atoms with E-state index in [1.807, 2.05) is 31.2 Å². The first kappa shape index (κ1) is 16.7. The number of carbonyl (C=O) groups excluding carboxylic acids is 1. The van der Waals surface area contributed by atoms with Crippen molar-refractivity contribution in [3.63, 3.8) is 0 Å². The minimum Gasteiger partial charge on any atom is -0.304 e. The third-order valence-electron chi connectivity index (χ3n) is 3.81. The molecule has 1 atom stereocenters. The summed E-state index contributed by atoms with van der Waals surface area (Å²) < 4.78 is 23.4. The van der Waals surface area contributed by atoms with Crippen molar-refractivity contribution in [1.82, 2.24) is 0 Å². The molecule has 0 N–H and O–H groups in total. The molecule has 5 heteroatoms. The van der Waals surface area contributed by atoms with Crippen LogP contribution in [0.5, 0.6) is 0 Å². The van der Waals surface area contributed by atoms with Crippen molar-refractivity contribution >= 4 is 21.4 Å². The molecule has 120 valence electrons. The number of amides is 1. The molecule has 0 aliphatic carbocycles. The third-order valence-corrected chi connectivity index (χ3v) is 5.19. The number of rotatable bonds is 5. The maximum Gasteiger partial charge on any atom is 0.227 e. The van der Waals surface area contributed by atoms with Gasteiger partial charge in [-0.05, 0) is 36.1 Å². The lowest BCUT2D eigenvalue weighted by Crippen LogP contribution is -2.41. The molecule has 0 saturated carbocycles. The van der Waals surface area contributed by atoms with E-state index >= 15 is 0 Å². The Morgan fingerprint density at radius 3 is 2.36 bits per heavy atom. The quantitative estimate of drug-likeness (QED) is 0.836. The molecule has 1 amide bonds. The zero-order valence-corrected chi connectivity index (χ0v) is 14.1. The lowest BCUT2D eigenvalue weighted by molar-refractivity contribution is -0.118. The monoisotopic (exact) mass is 321 g/mol. The van der Waals surface area contributed by atoms with Crippen molar-refractivity contribution in [2.24, 2.45) is 0 Å². The van der Waals surface area contributed by atoms with Gasteiger partial charge in [-0.15, -0.1) is 0 Å². The predicted octanol–water partition coefficient (Wildman–Crippen LogP) is 3.25. The summed E-state index contributed by atoms with van der Waals surface area (Å²) in [6.07, 6.45) is 2.76. The van der Waals surface area contributed by atoms with Crippen LogP contribution in [0.4, 0.5) is 5.69 Å². The third kappa shape index (κ3) is 3.77. The highest BCUT2D eigenvalue weighted by Gasteiger charge is 2.30. The lowest BCUT2D eigenvalue weighted by atomic mass is 10.0. The molecule has 0 spiro atoms. The number of hydrogen-bond acceptors (Lipinski definition) is 3. The fraction of sp³-hybridized carbons (Fsp3) is 0.471. The largest absolute Gasteiger partial charge is 0.304 e. The molecule has 1 aliphatic heterocycles. The number of hydrogen-bond donors (Lipinski definition) is 0. The summed E-state index contributed by atoms with van der Waals surface area (Å²) >= 11 is 0. The summed E-state index contributed by atoms with van der Waals surface area (Å²) in [5, 5.41) is 1.21. The highest BCUT2D eigenvalue weighted by molar-refractivity contribution is 7.94. The summed E-state index contributed by atoms with van der Waals surface area (Å²) in [5.74, 6) is 0.348. The molecule has 1 heterocycles. The second-order valence-corrected chi connectivity index (χ2v) is 7.92. The molecule has 0 unspecified atom stereocenters. The second kappa shape index (κ2) is 6.65. The highest BCUT2D eigenvalue weighted by Crippen LogP contribution is 2.26. The Balaban J connectivity index is 2.32. The Labute approximate surface area is 132 Å². The maximum atomic E-state index is 12.5. The number of carbonyl (C=O) groups is 1. The van der Waals surface area contributed by atoms with Gasteiger partial charge in [-0.3, -0.25) is 4.79 Å². The predicted molar refractivity (Wildman–Crippen MR) is 89.6 cm³/mol. The van der Waals surface area contributed by atoms with E-state index in [9.17, 15) is 13.2 Å². The Morgan fingerprint density at radius 2 is 1.91 bits per heavy atom. The zero-order valence-electron chi connectivity index (χ0n) is 13.3. The molecule has 0 fully saturated rings. The molecule has 0 radical (unpaired) electrons. The van der Waals surface area contributed by atoms with E-state index in [1.165, 1.54) is 11.0 Å². The first-order valence-electron chi connectivity index (χ1n) is 7.67. The van der Waals surface area contributed by atoms with Gasteiger partial charge in [0.05, 0.1) is 11.8 Å². The van der Waals surface area contributed by atoms with Gasteiger partial charge in [0.2, 0.25) is 5.91 Å². The summed E-state index contributed by atoms with van der Waals surface area (Å²) in [7, 11) is -3.19. The minimum absolute atomic E-state index is 0.0333. The molecular weight excluding hydrogens is 298 g/mol. The Hall–Kier alpha value is -1.62. The van der Waals surface area contributed by atoms with Crippen LogP contribution in [0, 0.1) is 0 Å². The number of sulfone groups is 1. The van der Waals surface area contributed by atoms with Gasteiger partial charge in [0.15, 0.2) is 9.84 Å². The van der Waals surface area contributed by atoms with Gasteiger partial charge >= 0.3 is 0 Å². The van der Waals surface area contributed by atoms with Crippen LogP contribution in [0.3, 0.4) is 0 Å². The van der Waals surface area contributed by atoms with Crippen molar-refractivity contribution in [1.29, 1.82) is 0 Å². The molecule has 22 heavy (non-hydrogen) atoms. The van der Waals surface area contributed by atoms with Crippen LogP contribution >= 0.6 is 0 Å². The van der Waals surface area contributed by atoms with Crippen molar-refractivity contribution in [2.45, 2.75) is 45.6 Å². The van der Waals surface area contributed by atoms with Crippen LogP contribution in [0.1, 0.15) is 45.1 Å². The molecule has 1 aliphatic rings. The SMILES string of the molecule is CCCC(=O)N(c1ccc(C(C)C)cc1)[C@H]1C=CS(=O)(=O)C1. The van der Waals surface area contributed by atoms with E-state index in [4.69, 9.17) is 0 Å². The van der Waals surface area contributed by atoms with Gasteiger partial charge in [0, 0.05) is 17.5 Å². The van der Waals surface area contributed by atoms with E-state index in [1.54, 1.807) is 11.0 Å². The molecule has 0 saturated heterocycles. The van der Waals surface area contributed by atoms with Crippen LogP contribution < -0.4 is 4.90 Å². The van der Waals surface area contributed by atoms with Crippen molar-refractivity contribution in [2.75, 3.05) is 10.7 Å². The maximum absolute atomic E-state index is 12.5. The van der Waals surface area contributed by atoms with E-state index in [0.717, 1.165) is 12.1 Å². The number of nitrogens with zero attached hydrogens (tertiary/aromatic N) is 1. The van der Waals surface area contributed by atoms with E-state index in [-0.39, 0.29) is 11.7 Å².